The minimum Gasteiger partial charge on any atom is -0.494 e. The minimum atomic E-state index is -0.614. The summed E-state index contributed by atoms with van der Waals surface area (Å²) in [5.41, 5.74) is 0.249. The molecule has 3 aliphatic heterocycles. The number of anilines is 1. The van der Waals surface area contributed by atoms with E-state index in [0.29, 0.717) is 31.7 Å². The fraction of sp³-hybridized carbons (Fsp3) is 0.710. The van der Waals surface area contributed by atoms with Crippen molar-refractivity contribution in [1.29, 1.82) is 0 Å². The number of carbonyl (C=O) groups is 3. The standard InChI is InChI=1S/C31H47N3O5S/c1-7-39-21-13-11-20(12-14-21)32-26(36)23-22-15-16-31(40-22)24(23)28(38)34(17-9-8-10-18-35)25(31)27(37)33-30(5,6)19-29(2,3)4/h11-14,22-25,35H,7-10,15-19H2,1-6H3,(H,32,36)(H,33,37)/t22-,23+,24+,25?,31?/m1/s1. The lowest BCUT2D eigenvalue weighted by Crippen LogP contribution is -2.58. The monoisotopic (exact) mass is 573 g/mol. The van der Waals surface area contributed by atoms with Crippen molar-refractivity contribution in [2.75, 3.05) is 25.1 Å². The second-order valence-electron chi connectivity index (χ2n) is 13.4. The summed E-state index contributed by atoms with van der Waals surface area (Å²) in [7, 11) is 0. The Morgan fingerprint density at radius 1 is 1.10 bits per heavy atom. The number of rotatable bonds is 12. The maximum absolute atomic E-state index is 14.1. The summed E-state index contributed by atoms with van der Waals surface area (Å²) < 4.78 is 4.90. The van der Waals surface area contributed by atoms with Gasteiger partial charge in [-0.2, -0.15) is 0 Å². The highest BCUT2D eigenvalue weighted by atomic mass is 32.2. The van der Waals surface area contributed by atoms with E-state index < -0.39 is 28.2 Å². The molecule has 40 heavy (non-hydrogen) atoms. The van der Waals surface area contributed by atoms with Crippen LogP contribution in [-0.2, 0) is 14.4 Å². The van der Waals surface area contributed by atoms with E-state index in [1.165, 1.54) is 0 Å². The van der Waals surface area contributed by atoms with E-state index >= 15 is 0 Å². The van der Waals surface area contributed by atoms with E-state index in [4.69, 9.17) is 4.74 Å². The highest BCUT2D eigenvalue weighted by molar-refractivity contribution is 8.02. The molecule has 0 saturated carbocycles. The van der Waals surface area contributed by atoms with Crippen LogP contribution in [0.1, 0.15) is 80.1 Å². The molecule has 1 aromatic rings. The molecule has 3 amide bonds. The Labute approximate surface area is 243 Å². The zero-order valence-electron chi connectivity index (χ0n) is 24.9. The van der Waals surface area contributed by atoms with E-state index in [1.807, 2.05) is 45.0 Å². The third-order valence-electron chi connectivity index (χ3n) is 8.28. The zero-order valence-corrected chi connectivity index (χ0v) is 25.7. The maximum Gasteiger partial charge on any atom is 0.244 e. The first-order chi connectivity index (χ1) is 18.8. The van der Waals surface area contributed by atoms with Gasteiger partial charge in [0.15, 0.2) is 0 Å². The lowest BCUT2D eigenvalue weighted by molar-refractivity contribution is -0.139. The number of carbonyl (C=O) groups excluding carboxylic acids is 3. The quantitative estimate of drug-likeness (QED) is 0.315. The highest BCUT2D eigenvalue weighted by Gasteiger charge is 2.73. The van der Waals surface area contributed by atoms with Crippen molar-refractivity contribution < 1.29 is 24.2 Å². The Hall–Kier alpha value is -2.26. The number of nitrogens with zero attached hydrogens (tertiary/aromatic N) is 1. The highest BCUT2D eigenvalue weighted by Crippen LogP contribution is 2.66. The van der Waals surface area contributed by atoms with Gasteiger partial charge in [0.2, 0.25) is 17.7 Å². The van der Waals surface area contributed by atoms with Gasteiger partial charge in [-0.15, -0.1) is 11.8 Å². The Morgan fingerprint density at radius 2 is 1.80 bits per heavy atom. The van der Waals surface area contributed by atoms with Crippen LogP contribution >= 0.6 is 11.8 Å². The van der Waals surface area contributed by atoms with Gasteiger partial charge in [0, 0.05) is 29.6 Å². The van der Waals surface area contributed by atoms with Gasteiger partial charge in [-0.3, -0.25) is 14.4 Å². The third-order valence-corrected chi connectivity index (χ3v) is 10.2. The van der Waals surface area contributed by atoms with E-state index in [1.54, 1.807) is 16.7 Å². The molecule has 1 aromatic carbocycles. The number of amides is 3. The molecule has 4 rings (SSSR count). The molecule has 2 unspecified atom stereocenters. The summed E-state index contributed by atoms with van der Waals surface area (Å²) in [6.45, 7) is 13.6. The molecule has 0 radical (unpaired) electrons. The van der Waals surface area contributed by atoms with Crippen molar-refractivity contribution in [3.8, 4) is 5.75 Å². The number of nitrogens with one attached hydrogen (secondary N) is 2. The van der Waals surface area contributed by atoms with Crippen LogP contribution in [-0.4, -0.2) is 69.1 Å². The number of unbranched alkanes of at least 4 members (excludes halogenated alkanes) is 2. The molecular weight excluding hydrogens is 526 g/mol. The maximum atomic E-state index is 14.1. The summed E-state index contributed by atoms with van der Waals surface area (Å²) in [5.74, 6) is -0.638. The smallest absolute Gasteiger partial charge is 0.244 e. The van der Waals surface area contributed by atoms with Crippen LogP contribution in [0.3, 0.4) is 0 Å². The summed E-state index contributed by atoms with van der Waals surface area (Å²) in [4.78, 5) is 43.7. The first-order valence-corrected chi connectivity index (χ1v) is 15.6. The number of hydrogen-bond donors (Lipinski definition) is 3. The summed E-state index contributed by atoms with van der Waals surface area (Å²) in [6.07, 6.45) is 4.50. The molecule has 8 nitrogen and oxygen atoms in total. The number of thioether (sulfide) groups is 1. The number of hydrogen-bond acceptors (Lipinski definition) is 6. The molecule has 2 bridgehead atoms. The van der Waals surface area contributed by atoms with E-state index in [0.717, 1.165) is 31.4 Å². The van der Waals surface area contributed by atoms with Gasteiger partial charge in [-0.25, -0.2) is 0 Å². The molecule has 5 atom stereocenters. The minimum absolute atomic E-state index is 0.00562. The normalized spacial score (nSPS) is 27.6. The fourth-order valence-electron chi connectivity index (χ4n) is 7.36. The van der Waals surface area contributed by atoms with Gasteiger partial charge >= 0.3 is 0 Å². The second kappa shape index (κ2) is 11.9. The predicted octanol–water partition coefficient (Wildman–Crippen LogP) is 4.61. The number of aliphatic hydroxyl groups excluding tert-OH is 1. The predicted molar refractivity (Wildman–Crippen MR) is 159 cm³/mol. The zero-order chi connectivity index (χ0) is 29.3. The number of aliphatic hydroxyl groups is 1. The third kappa shape index (κ3) is 6.30. The van der Waals surface area contributed by atoms with Gasteiger partial charge in [0.1, 0.15) is 11.8 Å². The van der Waals surface area contributed by atoms with E-state index in [9.17, 15) is 19.5 Å². The van der Waals surface area contributed by atoms with Crippen LogP contribution in [0.4, 0.5) is 5.69 Å². The molecule has 0 aliphatic carbocycles. The summed E-state index contributed by atoms with van der Waals surface area (Å²) >= 11 is 1.69. The average molecular weight is 574 g/mol. The number of benzene rings is 1. The number of likely N-dealkylation sites (tertiary alicyclic amines) is 1. The molecule has 3 fully saturated rings. The van der Waals surface area contributed by atoms with Crippen molar-refractivity contribution in [1.82, 2.24) is 10.2 Å². The Morgan fingerprint density at radius 3 is 2.42 bits per heavy atom. The molecule has 1 spiro atoms. The lowest BCUT2D eigenvalue weighted by Gasteiger charge is -2.38. The van der Waals surface area contributed by atoms with Crippen LogP contribution in [0.5, 0.6) is 5.75 Å². The Bertz CT molecular complexity index is 1090. The van der Waals surface area contributed by atoms with Gasteiger partial charge in [-0.1, -0.05) is 20.8 Å². The SMILES string of the molecule is CCOc1ccc(NC(=O)[C@@H]2[C@H]3C(=O)N(CCCCCO)C(C(=O)NC(C)(C)CC(C)(C)C)C34CC[C@H]2S4)cc1. The summed E-state index contributed by atoms with van der Waals surface area (Å²) in [6, 6.07) is 6.67. The molecule has 3 aliphatic rings. The molecule has 9 heteroatoms. The van der Waals surface area contributed by atoms with Crippen LogP contribution < -0.4 is 15.4 Å². The number of fused-ring (bicyclic) bond motifs is 1. The molecule has 222 valence electrons. The molecule has 3 N–H and O–H groups in total. The Kier molecular flexibility index (Phi) is 9.15. The van der Waals surface area contributed by atoms with Gasteiger partial charge in [-0.05, 0) is 89.0 Å². The van der Waals surface area contributed by atoms with Crippen LogP contribution in [0.25, 0.3) is 0 Å². The van der Waals surface area contributed by atoms with Crippen molar-refractivity contribution >= 4 is 35.2 Å². The summed E-state index contributed by atoms with van der Waals surface area (Å²) in [5, 5.41) is 15.6. The van der Waals surface area contributed by atoms with Gasteiger partial charge < -0.3 is 25.4 Å². The van der Waals surface area contributed by atoms with Crippen molar-refractivity contribution in [2.45, 2.75) is 102 Å². The van der Waals surface area contributed by atoms with Crippen molar-refractivity contribution in [2.24, 2.45) is 17.3 Å². The van der Waals surface area contributed by atoms with Crippen LogP contribution in [0.2, 0.25) is 0 Å². The van der Waals surface area contributed by atoms with Crippen LogP contribution in [0.15, 0.2) is 24.3 Å². The van der Waals surface area contributed by atoms with Gasteiger partial charge in [0.25, 0.3) is 0 Å². The van der Waals surface area contributed by atoms with Gasteiger partial charge in [0.05, 0.1) is 23.2 Å². The second-order valence-corrected chi connectivity index (χ2v) is 15.0. The largest absolute Gasteiger partial charge is 0.494 e. The molecule has 0 aromatic heterocycles. The first-order valence-electron chi connectivity index (χ1n) is 14.8. The van der Waals surface area contributed by atoms with Crippen molar-refractivity contribution in [3.63, 3.8) is 0 Å². The number of ether oxygens (including phenoxy) is 1. The van der Waals surface area contributed by atoms with E-state index in [2.05, 4.69) is 31.4 Å². The van der Waals surface area contributed by atoms with E-state index in [-0.39, 0.29) is 35.0 Å². The topological polar surface area (TPSA) is 108 Å². The molecule has 3 saturated heterocycles. The van der Waals surface area contributed by atoms with Crippen LogP contribution in [0, 0.1) is 17.3 Å². The average Bonchev–Trinajstić information content (AvgIpc) is 3.49. The molecule has 3 heterocycles. The van der Waals surface area contributed by atoms with Crippen molar-refractivity contribution in [3.05, 3.63) is 24.3 Å². The Balaban J connectivity index is 1.59. The first kappa shape index (κ1) is 30.7. The fourth-order valence-corrected chi connectivity index (χ4v) is 9.58. The molecular formula is C31H47N3O5S. The lowest BCUT2D eigenvalue weighted by atomic mass is 9.70.